The number of rotatable bonds is 11. The largest absolute Gasteiger partial charge is 0.465 e. The third-order valence-corrected chi connectivity index (χ3v) is 3.78. The standard InChI is InChI=1S/C19H27ClO3/c1-5-7-8-10-15(3)11-9-12-16(4)13-14-17(21)18(20)19(22)23-6-2/h1,10,12,18H,6-9,11,13-14H2,2-4H3/b15-10+,16-12+. The van der Waals surface area contributed by atoms with E-state index in [0.717, 1.165) is 31.3 Å². The summed E-state index contributed by atoms with van der Waals surface area (Å²) in [5.74, 6) is 1.67. The van der Waals surface area contributed by atoms with Crippen molar-refractivity contribution in [2.45, 2.75) is 64.7 Å². The molecule has 0 aromatic heterocycles. The van der Waals surface area contributed by atoms with Gasteiger partial charge in [0.1, 0.15) is 0 Å². The Kier molecular flexibility index (Phi) is 12.1. The highest BCUT2D eigenvalue weighted by atomic mass is 35.5. The van der Waals surface area contributed by atoms with Crippen LogP contribution in [0.5, 0.6) is 0 Å². The number of ketones is 1. The summed E-state index contributed by atoms with van der Waals surface area (Å²) in [4.78, 5) is 23.2. The number of hydrogen-bond donors (Lipinski definition) is 0. The zero-order valence-corrected chi connectivity index (χ0v) is 15.1. The molecular weight excluding hydrogens is 312 g/mol. The summed E-state index contributed by atoms with van der Waals surface area (Å²) in [6.07, 6.45) is 14.0. The number of carbonyl (C=O) groups excluding carboxylic acids is 2. The second-order valence-corrected chi connectivity index (χ2v) is 5.90. The molecule has 0 bridgehead atoms. The minimum atomic E-state index is -1.19. The van der Waals surface area contributed by atoms with Crippen LogP contribution in [0.25, 0.3) is 0 Å². The van der Waals surface area contributed by atoms with E-state index in [2.05, 4.69) is 25.0 Å². The van der Waals surface area contributed by atoms with Crippen molar-refractivity contribution in [1.29, 1.82) is 0 Å². The fourth-order valence-electron chi connectivity index (χ4n) is 1.95. The molecule has 0 aliphatic carbocycles. The first-order valence-electron chi connectivity index (χ1n) is 8.00. The Bertz CT molecular complexity index is 483. The number of unbranched alkanes of at least 4 members (excludes halogenated alkanes) is 1. The molecule has 0 heterocycles. The third-order valence-electron chi connectivity index (χ3n) is 3.35. The molecule has 0 aromatic carbocycles. The van der Waals surface area contributed by atoms with Crippen LogP contribution in [0.3, 0.4) is 0 Å². The van der Waals surface area contributed by atoms with Crippen LogP contribution in [0.1, 0.15) is 59.3 Å². The number of alkyl halides is 1. The number of ether oxygens (including phenoxy) is 1. The average Bonchev–Trinajstić information content (AvgIpc) is 2.52. The summed E-state index contributed by atoms with van der Waals surface area (Å²) in [6, 6.07) is 0. The molecule has 0 rings (SSSR count). The Balaban J connectivity index is 4.12. The topological polar surface area (TPSA) is 43.4 Å². The predicted octanol–water partition coefficient (Wildman–Crippen LogP) is 4.59. The molecule has 23 heavy (non-hydrogen) atoms. The molecule has 3 nitrogen and oxygen atoms in total. The van der Waals surface area contributed by atoms with Crippen molar-refractivity contribution in [3.8, 4) is 12.3 Å². The summed E-state index contributed by atoms with van der Waals surface area (Å²) in [5, 5.41) is -1.19. The van der Waals surface area contributed by atoms with Crippen molar-refractivity contribution in [3.05, 3.63) is 23.3 Å². The van der Waals surface area contributed by atoms with Gasteiger partial charge in [-0.3, -0.25) is 4.79 Å². The van der Waals surface area contributed by atoms with Crippen molar-refractivity contribution in [3.63, 3.8) is 0 Å². The first-order chi connectivity index (χ1) is 10.9. The summed E-state index contributed by atoms with van der Waals surface area (Å²) in [6.45, 7) is 5.99. The molecule has 0 aliphatic rings. The molecule has 0 fully saturated rings. The van der Waals surface area contributed by atoms with E-state index in [1.54, 1.807) is 6.92 Å². The molecule has 1 atom stereocenters. The van der Waals surface area contributed by atoms with E-state index in [-0.39, 0.29) is 18.8 Å². The highest BCUT2D eigenvalue weighted by Crippen LogP contribution is 2.13. The van der Waals surface area contributed by atoms with E-state index >= 15 is 0 Å². The van der Waals surface area contributed by atoms with Gasteiger partial charge in [0, 0.05) is 12.8 Å². The maximum atomic E-state index is 11.8. The fraction of sp³-hybridized carbons (Fsp3) is 0.579. The zero-order valence-electron chi connectivity index (χ0n) is 14.4. The molecule has 1 unspecified atom stereocenters. The quantitative estimate of drug-likeness (QED) is 0.138. The summed E-state index contributed by atoms with van der Waals surface area (Å²) >= 11 is 5.79. The number of allylic oxidation sites excluding steroid dienone is 4. The molecule has 0 saturated carbocycles. The van der Waals surface area contributed by atoms with E-state index in [4.69, 9.17) is 22.8 Å². The van der Waals surface area contributed by atoms with Crippen LogP contribution < -0.4 is 0 Å². The minimum Gasteiger partial charge on any atom is -0.465 e. The maximum Gasteiger partial charge on any atom is 0.331 e. The molecule has 0 spiro atoms. The van der Waals surface area contributed by atoms with Gasteiger partial charge in [-0.05, 0) is 46.5 Å². The van der Waals surface area contributed by atoms with Crippen molar-refractivity contribution in [2.24, 2.45) is 0 Å². The predicted molar refractivity (Wildman–Crippen MR) is 95.3 cm³/mol. The highest BCUT2D eigenvalue weighted by molar-refractivity contribution is 6.41. The van der Waals surface area contributed by atoms with Crippen LogP contribution in [0.2, 0.25) is 0 Å². The molecule has 0 aromatic rings. The van der Waals surface area contributed by atoms with Crippen molar-refractivity contribution < 1.29 is 14.3 Å². The van der Waals surface area contributed by atoms with Crippen molar-refractivity contribution in [1.82, 2.24) is 0 Å². The second-order valence-electron chi connectivity index (χ2n) is 5.46. The van der Waals surface area contributed by atoms with Gasteiger partial charge in [0.25, 0.3) is 0 Å². The lowest BCUT2D eigenvalue weighted by Gasteiger charge is -2.08. The summed E-state index contributed by atoms with van der Waals surface area (Å²) in [5.41, 5.74) is 2.45. The number of hydrogen-bond acceptors (Lipinski definition) is 3. The highest BCUT2D eigenvalue weighted by Gasteiger charge is 2.24. The fourth-order valence-corrected chi connectivity index (χ4v) is 2.12. The normalized spacial score (nSPS) is 13.3. The first-order valence-corrected chi connectivity index (χ1v) is 8.44. The Morgan fingerprint density at radius 2 is 1.74 bits per heavy atom. The van der Waals surface area contributed by atoms with E-state index in [1.807, 2.05) is 6.92 Å². The average molecular weight is 339 g/mol. The van der Waals surface area contributed by atoms with Gasteiger partial charge >= 0.3 is 5.97 Å². The number of Topliss-reactive ketones (excluding diaryl/α,β-unsaturated/α-hetero) is 1. The molecule has 0 aliphatic heterocycles. The van der Waals surface area contributed by atoms with E-state index in [9.17, 15) is 9.59 Å². The minimum absolute atomic E-state index is 0.225. The second kappa shape index (κ2) is 13.0. The lowest BCUT2D eigenvalue weighted by atomic mass is 10.0. The van der Waals surface area contributed by atoms with E-state index in [1.165, 1.54) is 5.57 Å². The number of terminal acetylenes is 1. The lowest BCUT2D eigenvalue weighted by Crippen LogP contribution is -2.26. The molecule has 128 valence electrons. The van der Waals surface area contributed by atoms with Gasteiger partial charge in [-0.15, -0.1) is 23.9 Å². The maximum absolute atomic E-state index is 11.8. The molecule has 0 radical (unpaired) electrons. The smallest absolute Gasteiger partial charge is 0.331 e. The molecule has 0 N–H and O–H groups in total. The Morgan fingerprint density at radius 3 is 2.35 bits per heavy atom. The van der Waals surface area contributed by atoms with Crippen LogP contribution in [0, 0.1) is 12.3 Å². The lowest BCUT2D eigenvalue weighted by molar-refractivity contribution is -0.145. The van der Waals surface area contributed by atoms with Crippen LogP contribution in [-0.2, 0) is 14.3 Å². The van der Waals surface area contributed by atoms with E-state index in [0.29, 0.717) is 6.42 Å². The van der Waals surface area contributed by atoms with Crippen LogP contribution in [0.15, 0.2) is 23.3 Å². The molecular formula is C19H27ClO3. The summed E-state index contributed by atoms with van der Waals surface area (Å²) < 4.78 is 4.74. The third kappa shape index (κ3) is 10.8. The Hall–Kier alpha value is -1.53. The number of esters is 1. The number of halogens is 1. The van der Waals surface area contributed by atoms with Gasteiger partial charge in [-0.25, -0.2) is 4.79 Å². The first kappa shape index (κ1) is 21.5. The molecule has 0 saturated heterocycles. The monoisotopic (exact) mass is 338 g/mol. The van der Waals surface area contributed by atoms with Crippen molar-refractivity contribution >= 4 is 23.4 Å². The van der Waals surface area contributed by atoms with Gasteiger partial charge in [0.15, 0.2) is 11.2 Å². The summed E-state index contributed by atoms with van der Waals surface area (Å²) in [7, 11) is 0. The van der Waals surface area contributed by atoms with Crippen molar-refractivity contribution in [2.75, 3.05) is 6.61 Å². The Morgan fingerprint density at radius 1 is 1.13 bits per heavy atom. The zero-order chi connectivity index (χ0) is 17.7. The van der Waals surface area contributed by atoms with Crippen LogP contribution in [0.4, 0.5) is 0 Å². The van der Waals surface area contributed by atoms with Gasteiger partial charge in [0.05, 0.1) is 6.61 Å². The molecule has 0 amide bonds. The Labute approximate surface area is 145 Å². The van der Waals surface area contributed by atoms with Crippen LogP contribution in [-0.4, -0.2) is 23.7 Å². The molecule has 4 heteroatoms. The van der Waals surface area contributed by atoms with Gasteiger partial charge in [-0.2, -0.15) is 0 Å². The SMILES string of the molecule is C#CCC/C=C(\C)CC/C=C(\C)CCC(=O)C(Cl)C(=O)OCC. The van der Waals surface area contributed by atoms with Gasteiger partial charge in [-0.1, -0.05) is 23.3 Å². The van der Waals surface area contributed by atoms with Gasteiger partial charge < -0.3 is 4.74 Å². The number of carbonyl (C=O) groups is 2. The van der Waals surface area contributed by atoms with Crippen LogP contribution >= 0.6 is 11.6 Å². The van der Waals surface area contributed by atoms with E-state index < -0.39 is 11.3 Å². The van der Waals surface area contributed by atoms with Gasteiger partial charge in [0.2, 0.25) is 0 Å².